The van der Waals surface area contributed by atoms with Crippen LogP contribution >= 0.6 is 38.9 Å². The highest BCUT2D eigenvalue weighted by atomic mass is 79.9. The van der Waals surface area contributed by atoms with Crippen molar-refractivity contribution in [3.8, 4) is 0 Å². The number of sulfone groups is 1. The number of rotatable bonds is 7. The van der Waals surface area contributed by atoms with Crippen LogP contribution in [0, 0.1) is 0 Å². The van der Waals surface area contributed by atoms with Crippen molar-refractivity contribution in [3.63, 3.8) is 0 Å². The number of carbonyl (C=O) groups excluding carboxylic acids is 1. The highest BCUT2D eigenvalue weighted by molar-refractivity contribution is 9.11. The maximum absolute atomic E-state index is 12.1. The van der Waals surface area contributed by atoms with E-state index in [-0.39, 0.29) is 22.3 Å². The van der Waals surface area contributed by atoms with Gasteiger partial charge in [0.15, 0.2) is 9.84 Å². The molecule has 0 bridgehead atoms. The molecule has 0 aliphatic carbocycles. The maximum Gasteiger partial charge on any atom is 0.221 e. The van der Waals surface area contributed by atoms with E-state index in [0.717, 1.165) is 20.7 Å². The van der Waals surface area contributed by atoms with Crippen LogP contribution in [0.4, 0.5) is 0 Å². The van der Waals surface area contributed by atoms with E-state index in [1.165, 1.54) is 0 Å². The van der Waals surface area contributed by atoms with Crippen molar-refractivity contribution < 1.29 is 13.2 Å². The third kappa shape index (κ3) is 5.91. The summed E-state index contributed by atoms with van der Waals surface area (Å²) in [6, 6.07) is 10.6. The molecule has 0 unspecified atom stereocenters. The van der Waals surface area contributed by atoms with Crippen LogP contribution in [0.5, 0.6) is 0 Å². The lowest BCUT2D eigenvalue weighted by molar-refractivity contribution is -0.120. The Morgan fingerprint density at radius 1 is 1.17 bits per heavy atom. The molecule has 0 saturated heterocycles. The number of nitrogens with one attached hydrogen (secondary N) is 1. The van der Waals surface area contributed by atoms with Crippen molar-refractivity contribution in [1.82, 2.24) is 5.32 Å². The number of carbonyl (C=O) groups is 1. The Bertz CT molecular complexity index is 772. The molecule has 2 aromatic rings. The molecule has 4 nitrogen and oxygen atoms in total. The molecule has 1 amide bonds. The van der Waals surface area contributed by atoms with Gasteiger partial charge in [-0.25, -0.2) is 8.42 Å². The van der Waals surface area contributed by atoms with Crippen LogP contribution < -0.4 is 5.32 Å². The zero-order chi connectivity index (χ0) is 16.9. The summed E-state index contributed by atoms with van der Waals surface area (Å²) in [6.07, 6.45) is 0.631. The number of amides is 1. The molecule has 1 heterocycles. The van der Waals surface area contributed by atoms with E-state index in [4.69, 9.17) is 11.6 Å². The van der Waals surface area contributed by atoms with Crippen LogP contribution in [-0.2, 0) is 21.1 Å². The molecular formula is C15H15BrClNO3S2. The lowest BCUT2D eigenvalue weighted by Gasteiger charge is -2.06. The maximum atomic E-state index is 12.1. The molecule has 23 heavy (non-hydrogen) atoms. The van der Waals surface area contributed by atoms with E-state index in [1.807, 2.05) is 12.1 Å². The minimum absolute atomic E-state index is 0.0432. The summed E-state index contributed by atoms with van der Waals surface area (Å²) in [5.74, 6) is -0.453. The Labute approximate surface area is 152 Å². The van der Waals surface area contributed by atoms with Gasteiger partial charge in [0, 0.05) is 18.0 Å². The van der Waals surface area contributed by atoms with Crippen molar-refractivity contribution in [2.45, 2.75) is 17.1 Å². The molecule has 0 aliphatic rings. The number of thiophene rings is 1. The fraction of sp³-hybridized carbons (Fsp3) is 0.267. The zero-order valence-electron chi connectivity index (χ0n) is 12.1. The van der Waals surface area contributed by atoms with Crippen molar-refractivity contribution >= 4 is 54.6 Å². The first-order valence-electron chi connectivity index (χ1n) is 6.86. The van der Waals surface area contributed by atoms with Crippen LogP contribution in [0.2, 0.25) is 5.02 Å². The van der Waals surface area contributed by atoms with Crippen LogP contribution in [0.1, 0.15) is 12.0 Å². The summed E-state index contributed by atoms with van der Waals surface area (Å²) >= 11 is 10.2. The van der Waals surface area contributed by atoms with Gasteiger partial charge in [0.25, 0.3) is 0 Å². The molecule has 0 aliphatic heterocycles. The topological polar surface area (TPSA) is 63.2 Å². The summed E-state index contributed by atoms with van der Waals surface area (Å²) in [6.45, 7) is 0.463. The van der Waals surface area contributed by atoms with Gasteiger partial charge in [-0.15, -0.1) is 11.3 Å². The summed E-state index contributed by atoms with van der Waals surface area (Å²) in [7, 11) is -3.40. The fourth-order valence-corrected chi connectivity index (χ4v) is 5.40. The minimum atomic E-state index is -3.40. The number of hydrogen-bond acceptors (Lipinski definition) is 4. The van der Waals surface area contributed by atoms with Gasteiger partial charge in [-0.1, -0.05) is 23.7 Å². The van der Waals surface area contributed by atoms with E-state index in [1.54, 1.807) is 24.3 Å². The molecule has 0 spiro atoms. The van der Waals surface area contributed by atoms with Crippen molar-refractivity contribution in [1.29, 1.82) is 0 Å². The van der Waals surface area contributed by atoms with Gasteiger partial charge in [0.2, 0.25) is 5.91 Å². The molecule has 2 rings (SSSR count). The van der Waals surface area contributed by atoms with E-state index >= 15 is 0 Å². The van der Waals surface area contributed by atoms with E-state index in [0.29, 0.717) is 18.0 Å². The summed E-state index contributed by atoms with van der Waals surface area (Å²) in [4.78, 5) is 11.8. The highest BCUT2D eigenvalue weighted by Crippen LogP contribution is 2.27. The largest absolute Gasteiger partial charge is 0.356 e. The summed E-state index contributed by atoms with van der Waals surface area (Å²) < 4.78 is 25.2. The number of halogens is 2. The molecule has 8 heteroatoms. The lowest BCUT2D eigenvalue weighted by atomic mass is 10.1. The van der Waals surface area contributed by atoms with Crippen molar-refractivity contribution in [2.75, 3.05) is 12.3 Å². The zero-order valence-corrected chi connectivity index (χ0v) is 16.1. The standard InChI is InChI=1S/C15H15BrClNO3S2/c16-13-5-6-15(22-13)23(20,21)10-8-14(19)18-9-7-11-1-3-12(17)4-2-11/h1-6H,7-10H2,(H,18,19). The van der Waals surface area contributed by atoms with Crippen molar-refractivity contribution in [3.05, 3.63) is 50.8 Å². The third-order valence-electron chi connectivity index (χ3n) is 3.10. The van der Waals surface area contributed by atoms with Crippen LogP contribution in [-0.4, -0.2) is 26.6 Å². The summed E-state index contributed by atoms with van der Waals surface area (Å²) in [5.41, 5.74) is 1.06. The molecule has 0 saturated carbocycles. The molecule has 1 aromatic carbocycles. The first-order chi connectivity index (χ1) is 10.9. The third-order valence-corrected chi connectivity index (χ3v) is 7.27. The van der Waals surface area contributed by atoms with Gasteiger partial charge in [-0.3, -0.25) is 4.79 Å². The average Bonchev–Trinajstić information content (AvgIpc) is 2.95. The Morgan fingerprint density at radius 2 is 1.87 bits per heavy atom. The van der Waals surface area contributed by atoms with Crippen LogP contribution in [0.3, 0.4) is 0 Å². The van der Waals surface area contributed by atoms with Gasteiger partial charge < -0.3 is 5.32 Å². The first kappa shape index (κ1) is 18.4. The Hall–Kier alpha value is -0.890. The predicted octanol–water partition coefficient (Wildman–Crippen LogP) is 3.69. The lowest BCUT2D eigenvalue weighted by Crippen LogP contribution is -2.27. The normalized spacial score (nSPS) is 11.4. The van der Waals surface area contributed by atoms with E-state index < -0.39 is 9.84 Å². The molecule has 124 valence electrons. The van der Waals surface area contributed by atoms with Gasteiger partial charge in [0.05, 0.1) is 9.54 Å². The molecular weight excluding hydrogens is 422 g/mol. The van der Waals surface area contributed by atoms with Gasteiger partial charge in [-0.05, 0) is 52.2 Å². The molecule has 1 N–H and O–H groups in total. The monoisotopic (exact) mass is 435 g/mol. The summed E-state index contributed by atoms with van der Waals surface area (Å²) in [5, 5.41) is 3.40. The predicted molar refractivity (Wildman–Crippen MR) is 96.9 cm³/mol. The van der Waals surface area contributed by atoms with Crippen LogP contribution in [0.25, 0.3) is 0 Å². The smallest absolute Gasteiger partial charge is 0.221 e. The Morgan fingerprint density at radius 3 is 2.48 bits per heavy atom. The Kier molecular flexibility index (Phi) is 6.64. The average molecular weight is 437 g/mol. The van der Waals surface area contributed by atoms with Gasteiger partial charge >= 0.3 is 0 Å². The van der Waals surface area contributed by atoms with Crippen LogP contribution in [0.15, 0.2) is 44.4 Å². The second kappa shape index (κ2) is 8.28. The quantitative estimate of drug-likeness (QED) is 0.720. The fourth-order valence-electron chi connectivity index (χ4n) is 1.88. The van der Waals surface area contributed by atoms with Gasteiger partial charge in [-0.2, -0.15) is 0 Å². The highest BCUT2D eigenvalue weighted by Gasteiger charge is 2.18. The van der Waals surface area contributed by atoms with Gasteiger partial charge in [0.1, 0.15) is 4.21 Å². The Balaban J connectivity index is 1.75. The second-order valence-corrected chi connectivity index (χ2v) is 10.1. The number of hydrogen-bond donors (Lipinski definition) is 1. The molecule has 0 radical (unpaired) electrons. The van der Waals surface area contributed by atoms with Crippen molar-refractivity contribution in [2.24, 2.45) is 0 Å². The molecule has 0 fully saturated rings. The number of benzene rings is 1. The first-order valence-corrected chi connectivity index (χ1v) is 10.5. The minimum Gasteiger partial charge on any atom is -0.356 e. The van der Waals surface area contributed by atoms with E-state index in [2.05, 4.69) is 21.2 Å². The molecule has 0 atom stereocenters. The van der Waals surface area contributed by atoms with E-state index in [9.17, 15) is 13.2 Å². The second-order valence-electron chi connectivity index (χ2n) is 4.85. The SMILES string of the molecule is O=C(CCS(=O)(=O)c1ccc(Br)s1)NCCc1ccc(Cl)cc1. The molecule has 1 aromatic heterocycles.